The van der Waals surface area contributed by atoms with Gasteiger partial charge in [-0.05, 0) is 80.3 Å². The van der Waals surface area contributed by atoms with E-state index in [9.17, 15) is 30.3 Å². The maximum atomic E-state index is 14.1. The van der Waals surface area contributed by atoms with E-state index in [1.54, 1.807) is 48.5 Å². The normalized spacial score (nSPS) is 50.4. The van der Waals surface area contributed by atoms with Gasteiger partial charge in [0.2, 0.25) is 0 Å². The molecule has 7 N–H and O–H groups in total. The Morgan fingerprint density at radius 3 is 2.10 bits per heavy atom. The SMILES string of the molecule is CCC1OC(=O)[C@H](C)C(O[C@H]2C[C@@](C)(OC)[C@@H](O)[C@H](C)O2)[C@H](C)[C@@H](O[C@@H]2O[C@H](C)C[C@H](N(C)CC)[C@H]2O)[C@](C)(O)C[C@@H](C)[C@H](N)[C@H](C)[C@@H](O)[C@]1(C)O. The van der Waals surface area contributed by atoms with Crippen LogP contribution in [0, 0.1) is 23.7 Å². The number of nitrogens with two attached hydrogens (primary N) is 1. The molecular weight excluding hydrogens is 676 g/mol. The largest absolute Gasteiger partial charge is 0.459 e. The van der Waals surface area contributed by atoms with E-state index in [2.05, 4.69) is 0 Å². The number of methoxy groups -OCH3 is 1. The average molecular weight is 749 g/mol. The van der Waals surface area contributed by atoms with Crippen LogP contribution in [0.25, 0.3) is 0 Å². The van der Waals surface area contributed by atoms with E-state index >= 15 is 0 Å². The van der Waals surface area contributed by atoms with Gasteiger partial charge in [0.25, 0.3) is 0 Å². The summed E-state index contributed by atoms with van der Waals surface area (Å²) < 4.78 is 37.5. The Morgan fingerprint density at radius 1 is 0.923 bits per heavy atom. The second-order valence-corrected chi connectivity index (χ2v) is 16.9. The minimum atomic E-state index is -1.85. The second-order valence-electron chi connectivity index (χ2n) is 16.9. The number of carbonyl (C=O) groups excluding carboxylic acids is 1. The molecule has 19 atom stereocenters. The number of cyclic esters (lactones) is 1. The predicted octanol–water partition coefficient (Wildman–Crippen LogP) is 1.93. The molecule has 306 valence electrons. The maximum absolute atomic E-state index is 14.1. The number of hydrogen-bond donors (Lipinski definition) is 6. The number of rotatable bonds is 8. The Hall–Kier alpha value is -1.01. The number of ether oxygens (including phenoxy) is 6. The standard InChI is InChI=1S/C38H72N2O12/c1-14-26-38(11,46)31(42)21(5)28(39)19(3)17-36(9,45)33(52-35-29(41)25(40(12)15-2)16-20(4)48-35)22(6)30(23(7)34(44)50-26)51-27-18-37(10,47-13)32(43)24(8)49-27/h19-33,35,41-43,45-46H,14-18,39H2,1-13H3/t19-,20-,21+,22+,23-,24+,25+,26?,27+,28+,29-,30?,31-,32+,33-,35+,36-,37-,38-/m1/s1. The fraction of sp³-hybridized carbons (Fsp3) is 0.974. The summed E-state index contributed by atoms with van der Waals surface area (Å²) in [5.41, 5.74) is 2.21. The number of hydrogen-bond acceptors (Lipinski definition) is 14. The van der Waals surface area contributed by atoms with Crippen molar-refractivity contribution < 1.29 is 58.7 Å². The number of likely N-dealkylation sites (N-methyl/N-ethyl adjacent to an activating group) is 1. The van der Waals surface area contributed by atoms with Gasteiger partial charge in [-0.15, -0.1) is 0 Å². The van der Waals surface area contributed by atoms with Gasteiger partial charge < -0.3 is 64.6 Å². The monoisotopic (exact) mass is 749 g/mol. The molecule has 0 saturated carbocycles. The van der Waals surface area contributed by atoms with Crippen LogP contribution < -0.4 is 5.73 Å². The highest BCUT2D eigenvalue weighted by Gasteiger charge is 2.53. The van der Waals surface area contributed by atoms with Gasteiger partial charge in [0.15, 0.2) is 12.6 Å². The Bertz CT molecular complexity index is 1150. The van der Waals surface area contributed by atoms with Crippen LogP contribution in [-0.4, -0.2) is 147 Å². The fourth-order valence-corrected chi connectivity index (χ4v) is 8.79. The molecule has 14 nitrogen and oxygen atoms in total. The van der Waals surface area contributed by atoms with Crippen molar-refractivity contribution in [2.24, 2.45) is 29.4 Å². The molecule has 3 heterocycles. The van der Waals surface area contributed by atoms with Gasteiger partial charge >= 0.3 is 5.97 Å². The highest BCUT2D eigenvalue weighted by atomic mass is 16.7. The summed E-state index contributed by atoms with van der Waals surface area (Å²) in [5.74, 6) is -3.57. The predicted molar refractivity (Wildman–Crippen MR) is 194 cm³/mol. The van der Waals surface area contributed by atoms with Crippen LogP contribution >= 0.6 is 0 Å². The molecule has 0 aromatic carbocycles. The fourth-order valence-electron chi connectivity index (χ4n) is 8.79. The lowest BCUT2D eigenvalue weighted by molar-refractivity contribution is -0.318. The molecule has 14 heteroatoms. The molecule has 0 spiro atoms. The van der Waals surface area contributed by atoms with E-state index in [1.165, 1.54) is 14.0 Å². The van der Waals surface area contributed by atoms with E-state index in [4.69, 9.17) is 34.2 Å². The smallest absolute Gasteiger partial charge is 0.311 e. The van der Waals surface area contributed by atoms with Crippen molar-refractivity contribution in [2.75, 3.05) is 20.7 Å². The molecule has 0 aromatic rings. The van der Waals surface area contributed by atoms with Crippen molar-refractivity contribution in [3.05, 3.63) is 0 Å². The van der Waals surface area contributed by atoms with Crippen LogP contribution in [-0.2, 0) is 33.2 Å². The van der Waals surface area contributed by atoms with Crippen LogP contribution in [0.2, 0.25) is 0 Å². The summed E-state index contributed by atoms with van der Waals surface area (Å²) in [7, 11) is 3.43. The maximum Gasteiger partial charge on any atom is 0.311 e. The first-order chi connectivity index (χ1) is 24.0. The van der Waals surface area contributed by atoms with Crippen LogP contribution in [0.4, 0.5) is 0 Å². The molecule has 0 radical (unpaired) electrons. The number of nitrogens with zero attached hydrogens (tertiary/aromatic N) is 1. The zero-order valence-corrected chi connectivity index (χ0v) is 33.9. The topological polar surface area (TPSA) is 203 Å². The van der Waals surface area contributed by atoms with Gasteiger partial charge in [0.05, 0.1) is 47.6 Å². The molecule has 0 aromatic heterocycles. The number of aliphatic hydroxyl groups is 5. The molecule has 3 saturated heterocycles. The summed E-state index contributed by atoms with van der Waals surface area (Å²) >= 11 is 0. The summed E-state index contributed by atoms with van der Waals surface area (Å²) in [6.45, 7) is 19.9. The van der Waals surface area contributed by atoms with Gasteiger partial charge in [-0.25, -0.2) is 0 Å². The number of aliphatic hydroxyl groups excluding tert-OH is 3. The molecule has 3 rings (SSSR count). The van der Waals surface area contributed by atoms with Crippen molar-refractivity contribution in [2.45, 2.75) is 192 Å². The van der Waals surface area contributed by atoms with Gasteiger partial charge in [0.1, 0.15) is 23.9 Å². The Labute approximate surface area is 311 Å². The molecule has 52 heavy (non-hydrogen) atoms. The number of esters is 1. The second kappa shape index (κ2) is 17.8. The molecular formula is C38H72N2O12. The number of carbonyl (C=O) groups is 1. The summed E-state index contributed by atoms with van der Waals surface area (Å²) in [6, 6.07) is -0.970. The van der Waals surface area contributed by atoms with E-state index in [0.29, 0.717) is 13.0 Å². The van der Waals surface area contributed by atoms with E-state index in [0.717, 1.165) is 0 Å². The highest BCUT2D eigenvalue weighted by molar-refractivity contribution is 5.73. The van der Waals surface area contributed by atoms with Crippen molar-refractivity contribution >= 4 is 5.97 Å². The van der Waals surface area contributed by atoms with Gasteiger partial charge in [-0.2, -0.15) is 0 Å². The summed E-state index contributed by atoms with van der Waals surface area (Å²) in [6.07, 6.45) is -8.66. The summed E-state index contributed by atoms with van der Waals surface area (Å²) in [4.78, 5) is 16.2. The van der Waals surface area contributed by atoms with Crippen molar-refractivity contribution in [3.8, 4) is 0 Å². The lowest BCUT2D eigenvalue weighted by atomic mass is 9.72. The molecule has 0 bridgehead atoms. The molecule has 3 aliphatic rings. The molecule has 0 aliphatic carbocycles. The Kier molecular flexibility index (Phi) is 15.6. The molecule has 3 fully saturated rings. The Morgan fingerprint density at radius 2 is 1.54 bits per heavy atom. The van der Waals surface area contributed by atoms with Crippen LogP contribution in [0.5, 0.6) is 0 Å². The van der Waals surface area contributed by atoms with Crippen LogP contribution in [0.15, 0.2) is 0 Å². The van der Waals surface area contributed by atoms with Gasteiger partial charge in [-0.1, -0.05) is 34.6 Å². The quantitative estimate of drug-likeness (QED) is 0.197. The van der Waals surface area contributed by atoms with E-state index < -0.39 is 108 Å². The zero-order chi connectivity index (χ0) is 39.7. The van der Waals surface area contributed by atoms with Crippen molar-refractivity contribution in [1.82, 2.24) is 4.90 Å². The third kappa shape index (κ3) is 9.67. The average Bonchev–Trinajstić information content (AvgIpc) is 3.08. The first-order valence-corrected chi connectivity index (χ1v) is 19.3. The highest BCUT2D eigenvalue weighted by Crippen LogP contribution is 2.41. The third-order valence-corrected chi connectivity index (χ3v) is 12.6. The lowest BCUT2D eigenvalue weighted by Gasteiger charge is -2.49. The molecule has 2 unspecified atom stereocenters. The summed E-state index contributed by atoms with van der Waals surface area (Å²) in [5, 5.41) is 58.2. The van der Waals surface area contributed by atoms with Gasteiger partial charge in [-0.3, -0.25) is 4.79 Å². The third-order valence-electron chi connectivity index (χ3n) is 12.6. The molecule has 3 aliphatic heterocycles. The van der Waals surface area contributed by atoms with Crippen molar-refractivity contribution in [1.29, 1.82) is 0 Å². The zero-order valence-electron chi connectivity index (χ0n) is 33.9. The first-order valence-electron chi connectivity index (χ1n) is 19.3. The van der Waals surface area contributed by atoms with Crippen LogP contribution in [0.3, 0.4) is 0 Å². The van der Waals surface area contributed by atoms with Crippen LogP contribution in [0.1, 0.15) is 102 Å². The molecule has 0 amide bonds. The van der Waals surface area contributed by atoms with E-state index in [-0.39, 0.29) is 31.4 Å². The van der Waals surface area contributed by atoms with Gasteiger partial charge in [0, 0.05) is 37.5 Å². The van der Waals surface area contributed by atoms with Crippen molar-refractivity contribution in [3.63, 3.8) is 0 Å². The Balaban J connectivity index is 2.18. The first kappa shape index (κ1) is 45.4. The van der Waals surface area contributed by atoms with E-state index in [1.807, 2.05) is 32.7 Å². The lowest BCUT2D eigenvalue weighted by Crippen LogP contribution is -2.62. The minimum Gasteiger partial charge on any atom is -0.459 e. The minimum absolute atomic E-state index is 0.0900.